The van der Waals surface area contributed by atoms with Gasteiger partial charge in [-0.2, -0.15) is 4.98 Å². The summed E-state index contributed by atoms with van der Waals surface area (Å²) in [6.07, 6.45) is 1.83. The third kappa shape index (κ3) is 4.71. The van der Waals surface area contributed by atoms with Gasteiger partial charge in [-0.05, 0) is 62.4 Å². The van der Waals surface area contributed by atoms with Crippen LogP contribution in [0.5, 0.6) is 5.75 Å². The van der Waals surface area contributed by atoms with Gasteiger partial charge in [-0.3, -0.25) is 4.98 Å². The Morgan fingerprint density at radius 3 is 2.54 bits per heavy atom. The van der Waals surface area contributed by atoms with E-state index in [4.69, 9.17) is 20.9 Å². The summed E-state index contributed by atoms with van der Waals surface area (Å²) < 4.78 is 11.3. The standard InChI is InChI=1S/C22H26ClN3O2/c1-6-7-27-20-14(4)9-16(12-19(20)23)21-25-22(28-26-21)17-10-15(5)24-18(11-17)8-13(2)3/h9-13H,6-8H2,1-5H3. The third-order valence-electron chi connectivity index (χ3n) is 4.23. The van der Waals surface area contributed by atoms with Crippen LogP contribution in [0.25, 0.3) is 22.8 Å². The van der Waals surface area contributed by atoms with Gasteiger partial charge in [-0.1, -0.05) is 37.5 Å². The van der Waals surface area contributed by atoms with E-state index in [-0.39, 0.29) is 0 Å². The second-order valence-corrected chi connectivity index (χ2v) is 7.87. The lowest BCUT2D eigenvalue weighted by Crippen LogP contribution is -1.99. The van der Waals surface area contributed by atoms with Gasteiger partial charge in [0.15, 0.2) is 0 Å². The number of aromatic nitrogens is 3. The molecule has 0 saturated heterocycles. The molecule has 6 heteroatoms. The molecule has 0 spiro atoms. The van der Waals surface area contributed by atoms with E-state index < -0.39 is 0 Å². The third-order valence-corrected chi connectivity index (χ3v) is 4.52. The summed E-state index contributed by atoms with van der Waals surface area (Å²) in [4.78, 5) is 9.18. The van der Waals surface area contributed by atoms with Crippen molar-refractivity contribution in [3.05, 3.63) is 46.2 Å². The maximum absolute atomic E-state index is 6.41. The summed E-state index contributed by atoms with van der Waals surface area (Å²) in [6.45, 7) is 11.0. The first-order chi connectivity index (χ1) is 13.4. The number of aryl methyl sites for hydroxylation is 2. The molecule has 0 amide bonds. The molecule has 3 rings (SSSR count). The van der Waals surface area contributed by atoms with Crippen LogP contribution in [0.1, 0.15) is 44.1 Å². The first kappa shape index (κ1) is 20.3. The summed E-state index contributed by atoms with van der Waals surface area (Å²) >= 11 is 6.41. The maximum atomic E-state index is 6.41. The molecule has 0 fully saturated rings. The fraction of sp³-hybridized carbons (Fsp3) is 0.409. The lowest BCUT2D eigenvalue weighted by Gasteiger charge is -2.11. The molecule has 0 saturated carbocycles. The Labute approximate surface area is 171 Å². The Kier molecular flexibility index (Phi) is 6.35. The van der Waals surface area contributed by atoms with Crippen LogP contribution >= 0.6 is 11.6 Å². The fourth-order valence-electron chi connectivity index (χ4n) is 3.09. The fourth-order valence-corrected chi connectivity index (χ4v) is 3.41. The predicted octanol–water partition coefficient (Wildman–Crippen LogP) is 6.06. The molecule has 0 atom stereocenters. The van der Waals surface area contributed by atoms with Gasteiger partial charge < -0.3 is 9.26 Å². The minimum Gasteiger partial charge on any atom is -0.492 e. The maximum Gasteiger partial charge on any atom is 0.258 e. The van der Waals surface area contributed by atoms with Crippen molar-refractivity contribution >= 4 is 11.6 Å². The van der Waals surface area contributed by atoms with E-state index in [0.29, 0.717) is 35.0 Å². The van der Waals surface area contributed by atoms with Crippen molar-refractivity contribution in [3.8, 4) is 28.6 Å². The van der Waals surface area contributed by atoms with Crippen LogP contribution < -0.4 is 4.74 Å². The van der Waals surface area contributed by atoms with E-state index in [1.54, 1.807) is 0 Å². The number of hydrogen-bond acceptors (Lipinski definition) is 5. The molecule has 2 aromatic heterocycles. The lowest BCUT2D eigenvalue weighted by molar-refractivity contribution is 0.315. The van der Waals surface area contributed by atoms with Gasteiger partial charge in [-0.15, -0.1) is 0 Å². The summed E-state index contributed by atoms with van der Waals surface area (Å²) in [5.74, 6) is 2.21. The molecule has 5 nitrogen and oxygen atoms in total. The van der Waals surface area contributed by atoms with Gasteiger partial charge in [0.05, 0.1) is 11.6 Å². The molecule has 0 N–H and O–H groups in total. The second-order valence-electron chi connectivity index (χ2n) is 7.46. The topological polar surface area (TPSA) is 61.0 Å². The number of ether oxygens (including phenoxy) is 1. The summed E-state index contributed by atoms with van der Waals surface area (Å²) in [6, 6.07) is 7.76. The van der Waals surface area contributed by atoms with Crippen LogP contribution in [0.4, 0.5) is 0 Å². The summed E-state index contributed by atoms with van der Waals surface area (Å²) in [7, 11) is 0. The summed E-state index contributed by atoms with van der Waals surface area (Å²) in [5, 5.41) is 4.70. The summed E-state index contributed by atoms with van der Waals surface area (Å²) in [5.41, 5.74) is 4.59. The van der Waals surface area contributed by atoms with Crippen molar-refractivity contribution in [3.63, 3.8) is 0 Å². The number of halogens is 1. The Morgan fingerprint density at radius 1 is 1.07 bits per heavy atom. The molecule has 0 radical (unpaired) electrons. The highest BCUT2D eigenvalue weighted by Gasteiger charge is 2.16. The first-order valence-corrected chi connectivity index (χ1v) is 10.00. The number of benzene rings is 1. The van der Waals surface area contributed by atoms with Crippen LogP contribution in [0, 0.1) is 19.8 Å². The van der Waals surface area contributed by atoms with Crippen molar-refractivity contribution in [1.29, 1.82) is 0 Å². The van der Waals surface area contributed by atoms with E-state index in [0.717, 1.165) is 40.9 Å². The highest BCUT2D eigenvalue weighted by atomic mass is 35.5. The molecule has 148 valence electrons. The molecule has 1 aromatic carbocycles. The smallest absolute Gasteiger partial charge is 0.258 e. The average Bonchev–Trinajstić information content (AvgIpc) is 3.10. The normalized spacial score (nSPS) is 11.2. The van der Waals surface area contributed by atoms with Gasteiger partial charge in [0.25, 0.3) is 5.89 Å². The van der Waals surface area contributed by atoms with Gasteiger partial charge in [0, 0.05) is 22.5 Å². The van der Waals surface area contributed by atoms with E-state index in [1.165, 1.54) is 0 Å². The molecule has 0 aliphatic heterocycles. The van der Waals surface area contributed by atoms with Crippen molar-refractivity contribution in [1.82, 2.24) is 15.1 Å². The van der Waals surface area contributed by atoms with Crippen molar-refractivity contribution in [2.75, 3.05) is 6.61 Å². The lowest BCUT2D eigenvalue weighted by atomic mass is 10.1. The average molecular weight is 400 g/mol. The zero-order valence-electron chi connectivity index (χ0n) is 17.0. The molecule has 0 bridgehead atoms. The Balaban J connectivity index is 1.92. The van der Waals surface area contributed by atoms with Crippen LogP contribution in [0.2, 0.25) is 5.02 Å². The Morgan fingerprint density at radius 2 is 1.86 bits per heavy atom. The van der Waals surface area contributed by atoms with Crippen LogP contribution in [-0.4, -0.2) is 21.7 Å². The zero-order chi connectivity index (χ0) is 20.3. The highest BCUT2D eigenvalue weighted by Crippen LogP contribution is 2.34. The number of pyridine rings is 1. The number of hydrogen-bond donors (Lipinski definition) is 0. The van der Waals surface area contributed by atoms with E-state index in [2.05, 4.69) is 35.9 Å². The molecule has 3 aromatic rings. The molecular formula is C22H26ClN3O2. The van der Waals surface area contributed by atoms with Gasteiger partial charge >= 0.3 is 0 Å². The van der Waals surface area contributed by atoms with Crippen molar-refractivity contribution < 1.29 is 9.26 Å². The van der Waals surface area contributed by atoms with Crippen molar-refractivity contribution in [2.45, 2.75) is 47.5 Å². The van der Waals surface area contributed by atoms with Crippen LogP contribution in [0.3, 0.4) is 0 Å². The molecule has 2 heterocycles. The molecule has 0 aliphatic carbocycles. The van der Waals surface area contributed by atoms with Gasteiger partial charge in [0.2, 0.25) is 5.82 Å². The first-order valence-electron chi connectivity index (χ1n) is 9.62. The Hall–Kier alpha value is -2.40. The highest BCUT2D eigenvalue weighted by molar-refractivity contribution is 6.32. The minimum atomic E-state index is 0.477. The van der Waals surface area contributed by atoms with Gasteiger partial charge in [0.1, 0.15) is 5.75 Å². The SMILES string of the molecule is CCCOc1c(C)cc(-c2noc(-c3cc(C)nc(CC(C)C)c3)n2)cc1Cl. The quantitative estimate of drug-likeness (QED) is 0.483. The van der Waals surface area contributed by atoms with E-state index in [9.17, 15) is 0 Å². The monoisotopic (exact) mass is 399 g/mol. The predicted molar refractivity (Wildman–Crippen MR) is 112 cm³/mol. The van der Waals surface area contributed by atoms with Gasteiger partial charge in [-0.25, -0.2) is 0 Å². The number of nitrogens with zero attached hydrogens (tertiary/aromatic N) is 3. The number of rotatable bonds is 7. The Bertz CT molecular complexity index is 943. The molecule has 0 unspecified atom stereocenters. The molecule has 0 aliphatic rings. The van der Waals surface area contributed by atoms with E-state index in [1.807, 2.05) is 38.1 Å². The molecule has 28 heavy (non-hydrogen) atoms. The largest absolute Gasteiger partial charge is 0.492 e. The minimum absolute atomic E-state index is 0.477. The van der Waals surface area contributed by atoms with Crippen LogP contribution in [-0.2, 0) is 6.42 Å². The van der Waals surface area contributed by atoms with Crippen molar-refractivity contribution in [2.24, 2.45) is 5.92 Å². The van der Waals surface area contributed by atoms with E-state index >= 15 is 0 Å². The van der Waals surface area contributed by atoms with Crippen LogP contribution in [0.15, 0.2) is 28.8 Å². The molecular weight excluding hydrogens is 374 g/mol. The second kappa shape index (κ2) is 8.74. The zero-order valence-corrected chi connectivity index (χ0v) is 17.8.